The van der Waals surface area contributed by atoms with Gasteiger partial charge in [-0.3, -0.25) is 4.79 Å². The van der Waals surface area contributed by atoms with Crippen LogP contribution in [0.2, 0.25) is 5.02 Å². The molecule has 2 aromatic carbocycles. The van der Waals surface area contributed by atoms with E-state index in [4.69, 9.17) is 11.6 Å². The third kappa shape index (κ3) is 4.14. The zero-order valence-corrected chi connectivity index (χ0v) is 15.1. The van der Waals surface area contributed by atoms with Gasteiger partial charge in [-0.1, -0.05) is 25.4 Å². The Morgan fingerprint density at radius 2 is 1.54 bits per heavy atom. The number of nitrogens with one attached hydrogen (secondary N) is 1. The summed E-state index contributed by atoms with van der Waals surface area (Å²) in [6.45, 7) is 4.41. The molecule has 0 atom stereocenters. The Labute approximate surface area is 147 Å². The van der Waals surface area contributed by atoms with Crippen molar-refractivity contribution < 1.29 is 13.2 Å². The van der Waals surface area contributed by atoms with Crippen molar-refractivity contribution in [2.24, 2.45) is 0 Å². The first-order valence-corrected chi connectivity index (χ1v) is 9.37. The molecule has 1 N–H and O–H groups in total. The molecule has 0 fully saturated rings. The Hall–Kier alpha value is -1.89. The average molecular weight is 367 g/mol. The van der Waals surface area contributed by atoms with Crippen LogP contribution in [0.15, 0.2) is 53.4 Å². The number of carbonyl (C=O) groups is 1. The summed E-state index contributed by atoms with van der Waals surface area (Å²) in [5.41, 5.74) is 0.993. The van der Waals surface area contributed by atoms with Crippen LogP contribution in [0.5, 0.6) is 0 Å². The molecular weight excluding hydrogens is 348 g/mol. The zero-order valence-electron chi connectivity index (χ0n) is 13.5. The number of hydrogen-bond acceptors (Lipinski definition) is 3. The molecule has 0 aliphatic carbocycles. The minimum atomic E-state index is -3.50. The van der Waals surface area contributed by atoms with Crippen molar-refractivity contribution >= 4 is 33.2 Å². The van der Waals surface area contributed by atoms with E-state index in [1.807, 2.05) is 0 Å². The second-order valence-corrected chi connectivity index (χ2v) is 7.45. The molecule has 24 heavy (non-hydrogen) atoms. The van der Waals surface area contributed by atoms with Crippen molar-refractivity contribution in [3.05, 3.63) is 59.1 Å². The van der Waals surface area contributed by atoms with Gasteiger partial charge in [0.2, 0.25) is 10.0 Å². The summed E-state index contributed by atoms with van der Waals surface area (Å²) in [6.07, 6.45) is 0. The molecule has 0 aromatic heterocycles. The van der Waals surface area contributed by atoms with Crippen molar-refractivity contribution in [3.8, 4) is 0 Å². The van der Waals surface area contributed by atoms with Crippen molar-refractivity contribution in [2.45, 2.75) is 18.7 Å². The van der Waals surface area contributed by atoms with Gasteiger partial charge in [-0.2, -0.15) is 4.31 Å². The first-order valence-electron chi connectivity index (χ1n) is 7.55. The van der Waals surface area contributed by atoms with Gasteiger partial charge in [0, 0.05) is 29.4 Å². The van der Waals surface area contributed by atoms with Crippen molar-refractivity contribution in [3.63, 3.8) is 0 Å². The zero-order chi connectivity index (χ0) is 17.7. The van der Waals surface area contributed by atoms with Crippen LogP contribution in [0.25, 0.3) is 0 Å². The van der Waals surface area contributed by atoms with Gasteiger partial charge in [0.05, 0.1) is 4.90 Å². The molecule has 0 heterocycles. The fourth-order valence-electron chi connectivity index (χ4n) is 2.23. The molecule has 0 bridgehead atoms. The third-order valence-corrected chi connectivity index (χ3v) is 5.88. The average Bonchev–Trinajstić information content (AvgIpc) is 2.56. The van der Waals surface area contributed by atoms with E-state index in [1.54, 1.807) is 50.2 Å². The van der Waals surface area contributed by atoms with Gasteiger partial charge in [-0.05, 0) is 48.5 Å². The van der Waals surface area contributed by atoms with Crippen LogP contribution in [-0.2, 0) is 10.0 Å². The number of amides is 1. The van der Waals surface area contributed by atoms with Crippen molar-refractivity contribution in [1.82, 2.24) is 4.31 Å². The van der Waals surface area contributed by atoms with E-state index >= 15 is 0 Å². The molecule has 0 saturated carbocycles. The van der Waals surface area contributed by atoms with Crippen LogP contribution in [-0.4, -0.2) is 31.7 Å². The minimum absolute atomic E-state index is 0.204. The highest BCUT2D eigenvalue weighted by atomic mass is 35.5. The lowest BCUT2D eigenvalue weighted by molar-refractivity contribution is 0.102. The summed E-state index contributed by atoms with van der Waals surface area (Å²) < 4.78 is 26.2. The van der Waals surface area contributed by atoms with E-state index < -0.39 is 10.0 Å². The molecule has 0 spiro atoms. The lowest BCUT2D eigenvalue weighted by atomic mass is 10.2. The van der Waals surface area contributed by atoms with Gasteiger partial charge in [-0.15, -0.1) is 0 Å². The van der Waals surface area contributed by atoms with Crippen LogP contribution in [0.4, 0.5) is 5.69 Å². The SMILES string of the molecule is CCN(CC)S(=O)(=O)c1ccc(NC(=O)c2ccc(Cl)cc2)cc1. The summed E-state index contributed by atoms with van der Waals surface area (Å²) in [5, 5.41) is 3.28. The summed E-state index contributed by atoms with van der Waals surface area (Å²) in [5.74, 6) is -0.286. The number of benzene rings is 2. The largest absolute Gasteiger partial charge is 0.322 e. The van der Waals surface area contributed by atoms with E-state index in [1.165, 1.54) is 16.4 Å². The topological polar surface area (TPSA) is 66.5 Å². The Morgan fingerprint density at radius 1 is 1.00 bits per heavy atom. The Morgan fingerprint density at radius 3 is 2.04 bits per heavy atom. The van der Waals surface area contributed by atoms with Gasteiger partial charge in [-0.25, -0.2) is 8.42 Å². The maximum Gasteiger partial charge on any atom is 0.255 e. The summed E-state index contributed by atoms with van der Waals surface area (Å²) in [7, 11) is -3.50. The standard InChI is InChI=1S/C17H19ClN2O3S/c1-3-20(4-2)24(22,23)16-11-9-15(10-12-16)19-17(21)13-5-7-14(18)8-6-13/h5-12H,3-4H2,1-2H3,(H,19,21). The molecule has 0 unspecified atom stereocenters. The highest BCUT2D eigenvalue weighted by molar-refractivity contribution is 7.89. The van der Waals surface area contributed by atoms with Crippen LogP contribution in [0.1, 0.15) is 24.2 Å². The number of halogens is 1. The second-order valence-electron chi connectivity index (χ2n) is 5.07. The number of sulfonamides is 1. The quantitative estimate of drug-likeness (QED) is 0.849. The number of rotatable bonds is 6. The lowest BCUT2D eigenvalue weighted by Gasteiger charge is -2.18. The minimum Gasteiger partial charge on any atom is -0.322 e. The maximum absolute atomic E-state index is 12.4. The van der Waals surface area contributed by atoms with Gasteiger partial charge in [0.15, 0.2) is 0 Å². The molecule has 2 aromatic rings. The molecule has 128 valence electrons. The lowest BCUT2D eigenvalue weighted by Crippen LogP contribution is -2.30. The van der Waals surface area contributed by atoms with Crippen molar-refractivity contribution in [1.29, 1.82) is 0 Å². The molecule has 1 amide bonds. The smallest absolute Gasteiger partial charge is 0.255 e. The highest BCUT2D eigenvalue weighted by Crippen LogP contribution is 2.19. The molecule has 0 radical (unpaired) electrons. The fraction of sp³-hybridized carbons (Fsp3) is 0.235. The van der Waals surface area contributed by atoms with Crippen molar-refractivity contribution in [2.75, 3.05) is 18.4 Å². The predicted octanol–water partition coefficient (Wildman–Crippen LogP) is 3.62. The van der Waals surface area contributed by atoms with Crippen LogP contribution in [0.3, 0.4) is 0 Å². The number of nitrogens with zero attached hydrogens (tertiary/aromatic N) is 1. The van der Waals surface area contributed by atoms with Gasteiger partial charge >= 0.3 is 0 Å². The van der Waals surface area contributed by atoms with Gasteiger partial charge in [0.1, 0.15) is 0 Å². The monoisotopic (exact) mass is 366 g/mol. The molecule has 0 aliphatic heterocycles. The highest BCUT2D eigenvalue weighted by Gasteiger charge is 2.21. The first kappa shape index (κ1) is 18.4. The maximum atomic E-state index is 12.4. The number of carbonyl (C=O) groups excluding carboxylic acids is 1. The predicted molar refractivity (Wildman–Crippen MR) is 96.0 cm³/mol. The van der Waals surface area contributed by atoms with Gasteiger partial charge < -0.3 is 5.32 Å². The second kappa shape index (κ2) is 7.79. The van der Waals surface area contributed by atoms with E-state index in [2.05, 4.69) is 5.32 Å². The molecule has 5 nitrogen and oxygen atoms in total. The summed E-state index contributed by atoms with van der Waals surface area (Å²) >= 11 is 5.79. The van der Waals surface area contributed by atoms with Gasteiger partial charge in [0.25, 0.3) is 5.91 Å². The number of hydrogen-bond donors (Lipinski definition) is 1. The summed E-state index contributed by atoms with van der Waals surface area (Å²) in [6, 6.07) is 12.6. The van der Waals surface area contributed by atoms with E-state index in [0.29, 0.717) is 29.4 Å². The third-order valence-electron chi connectivity index (χ3n) is 3.56. The Balaban J connectivity index is 2.15. The molecule has 0 aliphatic rings. The van der Waals surface area contributed by atoms with Crippen LogP contribution < -0.4 is 5.32 Å². The normalized spacial score (nSPS) is 11.5. The fourth-order valence-corrected chi connectivity index (χ4v) is 3.81. The van der Waals surface area contributed by atoms with E-state index in [0.717, 1.165) is 0 Å². The summed E-state index contributed by atoms with van der Waals surface area (Å²) in [4.78, 5) is 12.3. The van der Waals surface area contributed by atoms with E-state index in [9.17, 15) is 13.2 Å². The van der Waals surface area contributed by atoms with Crippen LogP contribution >= 0.6 is 11.6 Å². The first-order chi connectivity index (χ1) is 11.4. The molecule has 2 rings (SSSR count). The van der Waals surface area contributed by atoms with E-state index in [-0.39, 0.29) is 10.8 Å². The molecule has 0 saturated heterocycles. The Bertz CT molecular complexity index is 799. The molecular formula is C17H19ClN2O3S. The number of anilines is 1. The Kier molecular flexibility index (Phi) is 5.99. The molecule has 7 heteroatoms. The van der Waals surface area contributed by atoms with Crippen LogP contribution in [0, 0.1) is 0 Å².